The first-order valence-electron chi connectivity index (χ1n) is 16.0. The molecule has 0 aliphatic heterocycles. The van der Waals surface area contributed by atoms with E-state index in [0.29, 0.717) is 17.1 Å². The number of hydrogen-bond acceptors (Lipinski definition) is 12. The summed E-state index contributed by atoms with van der Waals surface area (Å²) in [5, 5.41) is 27.6. The highest BCUT2D eigenvalue weighted by Crippen LogP contribution is 2.33. The molecule has 14 nitrogen and oxygen atoms in total. The quantitative estimate of drug-likeness (QED) is 0.0482. The van der Waals surface area contributed by atoms with Gasteiger partial charge in [0.15, 0.2) is 18.5 Å². The molecule has 51 heavy (non-hydrogen) atoms. The second-order valence-electron chi connectivity index (χ2n) is 12.2. The van der Waals surface area contributed by atoms with Crippen LogP contribution in [0.5, 0.6) is 11.5 Å². The van der Waals surface area contributed by atoms with Gasteiger partial charge in [0.2, 0.25) is 0 Å². The Morgan fingerprint density at radius 1 is 0.667 bits per heavy atom. The van der Waals surface area contributed by atoms with Crippen LogP contribution in [-0.2, 0) is 48.3 Å². The van der Waals surface area contributed by atoms with Gasteiger partial charge >= 0.3 is 29.8 Å². The van der Waals surface area contributed by atoms with Crippen LogP contribution in [0, 0.1) is 0 Å². The minimum absolute atomic E-state index is 0.120. The van der Waals surface area contributed by atoms with Crippen molar-refractivity contribution in [3.63, 3.8) is 0 Å². The number of carboxylic acids is 2. The van der Waals surface area contributed by atoms with E-state index < -0.39 is 66.6 Å². The van der Waals surface area contributed by atoms with Crippen molar-refractivity contribution in [3.8, 4) is 11.5 Å². The van der Waals surface area contributed by atoms with Crippen molar-refractivity contribution in [1.29, 1.82) is 0 Å². The third-order valence-electron chi connectivity index (χ3n) is 7.32. The molecule has 0 aliphatic rings. The molecule has 2 aromatic rings. The highest BCUT2D eigenvalue weighted by molar-refractivity contribution is 5.87. The molecule has 0 spiro atoms. The van der Waals surface area contributed by atoms with Crippen LogP contribution in [0.15, 0.2) is 72.8 Å². The molecule has 0 fully saturated rings. The van der Waals surface area contributed by atoms with Crippen molar-refractivity contribution in [2.24, 2.45) is 0 Å². The molecule has 0 heterocycles. The van der Waals surface area contributed by atoms with Gasteiger partial charge in [-0.15, -0.1) is 0 Å². The first-order valence-corrected chi connectivity index (χ1v) is 16.0. The molecule has 2 aromatic carbocycles. The predicted octanol–water partition coefficient (Wildman–Crippen LogP) is 4.35. The first-order chi connectivity index (χ1) is 24.0. The highest BCUT2D eigenvalue weighted by Gasteiger charge is 2.25. The van der Waals surface area contributed by atoms with Crippen molar-refractivity contribution in [1.82, 2.24) is 0 Å². The van der Waals surface area contributed by atoms with Gasteiger partial charge in [-0.3, -0.25) is 19.2 Å². The largest absolute Gasteiger partial charge is 0.490 e. The summed E-state index contributed by atoms with van der Waals surface area (Å²) in [5.74, 6) is -3.54. The molecule has 0 radical (unpaired) electrons. The molecule has 14 heteroatoms. The fourth-order valence-corrected chi connectivity index (χ4v) is 4.25. The van der Waals surface area contributed by atoms with Crippen LogP contribution in [-0.4, -0.2) is 90.1 Å². The Labute approximate surface area is 296 Å². The van der Waals surface area contributed by atoms with Gasteiger partial charge in [-0.05, 0) is 54.8 Å². The van der Waals surface area contributed by atoms with Gasteiger partial charge in [-0.2, -0.15) is 0 Å². The maximum atomic E-state index is 12.1. The Kier molecular flexibility index (Phi) is 16.8. The maximum Gasteiger partial charge on any atom is 0.333 e. The molecule has 2 rings (SSSR count). The monoisotopic (exact) mass is 714 g/mol. The Balaban J connectivity index is 2.05. The van der Waals surface area contributed by atoms with Gasteiger partial charge in [-0.25, -0.2) is 4.79 Å². The first kappa shape index (κ1) is 42.0. The van der Waals surface area contributed by atoms with E-state index in [4.69, 9.17) is 38.6 Å². The van der Waals surface area contributed by atoms with E-state index in [1.54, 1.807) is 31.2 Å². The van der Waals surface area contributed by atoms with Crippen LogP contribution in [0.1, 0.15) is 64.5 Å². The van der Waals surface area contributed by atoms with E-state index in [9.17, 15) is 29.1 Å². The number of esters is 3. The molecule has 3 atom stereocenters. The lowest BCUT2D eigenvalue weighted by Gasteiger charge is -2.27. The number of aliphatic hydroxyl groups is 1. The average molecular weight is 715 g/mol. The lowest BCUT2D eigenvalue weighted by molar-refractivity contribution is -0.162. The van der Waals surface area contributed by atoms with Crippen molar-refractivity contribution >= 4 is 29.8 Å². The molecule has 0 bridgehead atoms. The molecule has 0 saturated heterocycles. The van der Waals surface area contributed by atoms with Crippen LogP contribution in [0.2, 0.25) is 0 Å². The lowest BCUT2D eigenvalue weighted by atomic mass is 9.78. The smallest absolute Gasteiger partial charge is 0.333 e. The Morgan fingerprint density at radius 3 is 1.45 bits per heavy atom. The number of carboxylic acid groups (broad SMARTS) is 2. The van der Waals surface area contributed by atoms with E-state index >= 15 is 0 Å². The third kappa shape index (κ3) is 15.5. The number of aliphatic hydroxyl groups excluding tert-OH is 1. The summed E-state index contributed by atoms with van der Waals surface area (Å²) >= 11 is 0. The van der Waals surface area contributed by atoms with Crippen LogP contribution >= 0.6 is 0 Å². The zero-order valence-electron chi connectivity index (χ0n) is 29.3. The number of carbonyl (C=O) groups excluding carboxylic acids is 3. The van der Waals surface area contributed by atoms with Crippen molar-refractivity contribution < 1.29 is 67.7 Å². The standard InChI is InChI=1S/C37H46O14/c1-23(2)35(44)48-21-29(50-33(42)17-15-31(38)39)19-46-27-11-7-25(8-12-27)37(5,6)26-9-13-28(14-10-26)47-20-30(22-49-36(45)24(3)4)51-34(43)18-16-32(40)41/h7-14,29-30,35,44H,1,3,15-22H2,2,4-6H3,(H,38,39)(H,40,41). The van der Waals surface area contributed by atoms with Crippen LogP contribution < -0.4 is 9.47 Å². The molecular formula is C37H46O14. The highest BCUT2D eigenvalue weighted by atomic mass is 16.6. The lowest BCUT2D eigenvalue weighted by Crippen LogP contribution is -2.32. The van der Waals surface area contributed by atoms with Crippen LogP contribution in [0.3, 0.4) is 0 Å². The number of ether oxygens (including phenoxy) is 6. The Bertz CT molecular complexity index is 1510. The SMILES string of the molecule is C=C(C)C(=O)OCC(COc1ccc(C(C)(C)c2ccc(OCC(COC(O)C(=C)C)OC(=O)CCC(=O)O)cc2)cc1)OC(=O)CCC(=O)O. The van der Waals surface area contributed by atoms with Gasteiger partial charge in [0.25, 0.3) is 0 Å². The number of carbonyl (C=O) groups is 5. The van der Waals surface area contributed by atoms with Crippen LogP contribution in [0.4, 0.5) is 0 Å². The Hall–Kier alpha value is -5.21. The van der Waals surface area contributed by atoms with Gasteiger partial charge in [0.1, 0.15) is 31.3 Å². The summed E-state index contributed by atoms with van der Waals surface area (Å²) in [6.45, 7) is 13.4. The van der Waals surface area contributed by atoms with Gasteiger partial charge in [0.05, 0.1) is 32.3 Å². The van der Waals surface area contributed by atoms with E-state index in [-0.39, 0.29) is 44.8 Å². The number of aliphatic carboxylic acids is 2. The minimum atomic E-state index is -1.27. The van der Waals surface area contributed by atoms with Crippen molar-refractivity contribution in [2.45, 2.75) is 77.3 Å². The summed E-state index contributed by atoms with van der Waals surface area (Å²) < 4.78 is 32.7. The minimum Gasteiger partial charge on any atom is -0.490 e. The fraction of sp³-hybridized carbons (Fsp3) is 0.432. The second-order valence-corrected chi connectivity index (χ2v) is 12.2. The predicted molar refractivity (Wildman–Crippen MR) is 182 cm³/mol. The summed E-state index contributed by atoms with van der Waals surface area (Å²) in [7, 11) is 0. The van der Waals surface area contributed by atoms with Gasteiger partial charge < -0.3 is 43.7 Å². The molecule has 0 aliphatic carbocycles. The summed E-state index contributed by atoms with van der Waals surface area (Å²) in [6, 6.07) is 14.5. The topological polar surface area (TPSA) is 201 Å². The van der Waals surface area contributed by atoms with Gasteiger partial charge in [0, 0.05) is 11.0 Å². The summed E-state index contributed by atoms with van der Waals surface area (Å²) in [6.07, 6.45) is -4.66. The van der Waals surface area contributed by atoms with Crippen LogP contribution in [0.25, 0.3) is 0 Å². The molecule has 278 valence electrons. The average Bonchev–Trinajstić information content (AvgIpc) is 3.08. The maximum absolute atomic E-state index is 12.1. The number of rotatable bonds is 23. The molecule has 3 unspecified atom stereocenters. The molecular weight excluding hydrogens is 668 g/mol. The fourth-order valence-electron chi connectivity index (χ4n) is 4.25. The number of hydrogen-bond donors (Lipinski definition) is 3. The van der Waals surface area contributed by atoms with Gasteiger partial charge in [-0.1, -0.05) is 51.3 Å². The van der Waals surface area contributed by atoms with E-state index in [1.165, 1.54) is 6.92 Å². The van der Waals surface area contributed by atoms with Crippen molar-refractivity contribution in [3.05, 3.63) is 84.0 Å². The second kappa shape index (κ2) is 20.5. The molecule has 3 N–H and O–H groups in total. The Morgan fingerprint density at radius 2 is 1.08 bits per heavy atom. The zero-order valence-corrected chi connectivity index (χ0v) is 29.3. The summed E-state index contributed by atoms with van der Waals surface area (Å²) in [5.41, 5.74) is 1.94. The van der Waals surface area contributed by atoms with Crippen molar-refractivity contribution in [2.75, 3.05) is 26.4 Å². The summed E-state index contributed by atoms with van der Waals surface area (Å²) in [4.78, 5) is 57.7. The molecule has 0 saturated carbocycles. The third-order valence-corrected chi connectivity index (χ3v) is 7.32. The van der Waals surface area contributed by atoms with E-state index in [2.05, 4.69) is 13.2 Å². The number of benzene rings is 2. The normalized spacial score (nSPS) is 12.8. The van der Waals surface area contributed by atoms with E-state index in [1.807, 2.05) is 38.1 Å². The molecule has 0 aromatic heterocycles. The molecule has 0 amide bonds. The van der Waals surface area contributed by atoms with E-state index in [0.717, 1.165) is 11.1 Å². The zero-order chi connectivity index (χ0) is 38.1.